The molecule has 1 saturated carbocycles. The van der Waals surface area contributed by atoms with Crippen molar-refractivity contribution in [2.24, 2.45) is 17.8 Å². The summed E-state index contributed by atoms with van der Waals surface area (Å²) in [5.41, 5.74) is 0. The van der Waals surface area contributed by atoms with E-state index in [2.05, 4.69) is 36.6 Å². The predicted octanol–water partition coefficient (Wildman–Crippen LogP) is 2.31. The number of rotatable bonds is 6. The maximum absolute atomic E-state index is 12.2. The molecule has 0 radical (unpaired) electrons. The van der Waals surface area contributed by atoms with Crippen molar-refractivity contribution < 1.29 is 4.79 Å². The van der Waals surface area contributed by atoms with Gasteiger partial charge in [-0.3, -0.25) is 4.79 Å². The average molecular weight is 354 g/mol. The maximum Gasteiger partial charge on any atom is 0.223 e. The minimum atomic E-state index is 0. The fraction of sp³-hybridized carbons (Fsp3) is 0.938. The number of hydrogen-bond acceptors (Lipinski definition) is 3. The second-order valence-electron chi connectivity index (χ2n) is 6.88. The van der Waals surface area contributed by atoms with Crippen LogP contribution in [0.5, 0.6) is 0 Å². The number of halogens is 2. The van der Waals surface area contributed by atoms with Gasteiger partial charge in [0, 0.05) is 18.5 Å². The lowest BCUT2D eigenvalue weighted by atomic mass is 9.83. The Kier molecular flexibility index (Phi) is 10.7. The molecular weight excluding hydrogens is 321 g/mol. The number of hydrogen-bond donors (Lipinski definition) is 2. The van der Waals surface area contributed by atoms with Crippen molar-refractivity contribution >= 4 is 30.7 Å². The van der Waals surface area contributed by atoms with Crippen molar-refractivity contribution in [2.45, 2.75) is 45.1 Å². The molecule has 4 nitrogen and oxygen atoms in total. The molecule has 1 heterocycles. The van der Waals surface area contributed by atoms with Crippen LogP contribution in [0, 0.1) is 17.8 Å². The normalized spacial score (nSPS) is 22.0. The molecule has 1 saturated heterocycles. The summed E-state index contributed by atoms with van der Waals surface area (Å²) in [6.45, 7) is 4.86. The lowest BCUT2D eigenvalue weighted by Crippen LogP contribution is -2.52. The summed E-state index contributed by atoms with van der Waals surface area (Å²) in [7, 11) is 4.29. The second kappa shape index (κ2) is 10.7. The molecule has 2 aliphatic rings. The molecule has 2 N–H and O–H groups in total. The van der Waals surface area contributed by atoms with E-state index in [0.717, 1.165) is 25.6 Å². The number of nitrogens with one attached hydrogen (secondary N) is 2. The highest BCUT2D eigenvalue weighted by Crippen LogP contribution is 2.28. The SMILES string of the molecule is CC(C(=O)NCC(C1CCCCC1)N(C)C)C1CNC1.Cl.Cl. The molecule has 6 heteroatoms. The van der Waals surface area contributed by atoms with Gasteiger partial charge in [-0.2, -0.15) is 0 Å². The van der Waals surface area contributed by atoms with Crippen LogP contribution in [0.4, 0.5) is 0 Å². The zero-order valence-electron chi connectivity index (χ0n) is 14.1. The van der Waals surface area contributed by atoms with E-state index in [1.54, 1.807) is 0 Å². The first-order valence-electron chi connectivity index (χ1n) is 8.24. The molecule has 2 atom stereocenters. The molecule has 132 valence electrons. The highest BCUT2D eigenvalue weighted by Gasteiger charge is 2.30. The minimum absolute atomic E-state index is 0. The van der Waals surface area contributed by atoms with Gasteiger partial charge in [0.15, 0.2) is 0 Å². The highest BCUT2D eigenvalue weighted by atomic mass is 35.5. The Morgan fingerprint density at radius 2 is 1.73 bits per heavy atom. The molecule has 0 spiro atoms. The van der Waals surface area contributed by atoms with E-state index < -0.39 is 0 Å². The summed E-state index contributed by atoms with van der Waals surface area (Å²) in [4.78, 5) is 14.5. The average Bonchev–Trinajstić information content (AvgIpc) is 2.37. The van der Waals surface area contributed by atoms with E-state index in [9.17, 15) is 4.79 Å². The lowest BCUT2D eigenvalue weighted by molar-refractivity contribution is -0.127. The summed E-state index contributed by atoms with van der Waals surface area (Å²) in [5.74, 6) is 1.66. The highest BCUT2D eigenvalue weighted by molar-refractivity contribution is 5.85. The Morgan fingerprint density at radius 3 is 2.18 bits per heavy atom. The summed E-state index contributed by atoms with van der Waals surface area (Å²) >= 11 is 0. The van der Waals surface area contributed by atoms with Crippen molar-refractivity contribution in [3.05, 3.63) is 0 Å². The monoisotopic (exact) mass is 353 g/mol. The fourth-order valence-corrected chi connectivity index (χ4v) is 3.53. The number of carbonyl (C=O) groups excluding carboxylic acids is 1. The van der Waals surface area contributed by atoms with Crippen molar-refractivity contribution in [3.8, 4) is 0 Å². The van der Waals surface area contributed by atoms with Crippen LogP contribution >= 0.6 is 24.8 Å². The van der Waals surface area contributed by atoms with Crippen LogP contribution in [-0.4, -0.2) is 50.6 Å². The van der Waals surface area contributed by atoms with Gasteiger partial charge in [-0.1, -0.05) is 26.2 Å². The first kappa shape index (κ1) is 22.0. The number of amides is 1. The third-order valence-corrected chi connectivity index (χ3v) is 5.28. The molecule has 2 unspecified atom stereocenters. The molecule has 1 aliphatic heterocycles. The van der Waals surface area contributed by atoms with Gasteiger partial charge in [0.1, 0.15) is 0 Å². The zero-order valence-corrected chi connectivity index (χ0v) is 15.8. The Labute approximate surface area is 148 Å². The maximum atomic E-state index is 12.2. The summed E-state index contributed by atoms with van der Waals surface area (Å²) < 4.78 is 0. The van der Waals surface area contributed by atoms with E-state index in [4.69, 9.17) is 0 Å². The molecule has 0 aromatic rings. The van der Waals surface area contributed by atoms with Crippen LogP contribution in [0.15, 0.2) is 0 Å². The molecule has 2 rings (SSSR count). The smallest absolute Gasteiger partial charge is 0.223 e. The summed E-state index contributed by atoms with van der Waals surface area (Å²) in [5, 5.41) is 6.45. The lowest BCUT2D eigenvalue weighted by Gasteiger charge is -2.36. The van der Waals surface area contributed by atoms with Crippen LogP contribution in [0.25, 0.3) is 0 Å². The summed E-state index contributed by atoms with van der Waals surface area (Å²) in [6.07, 6.45) is 6.73. The topological polar surface area (TPSA) is 44.4 Å². The van der Waals surface area contributed by atoms with Crippen LogP contribution in [0.1, 0.15) is 39.0 Å². The molecular formula is C16H33Cl2N3O. The van der Waals surface area contributed by atoms with E-state index in [1.807, 2.05) is 0 Å². The molecule has 22 heavy (non-hydrogen) atoms. The van der Waals surface area contributed by atoms with Crippen molar-refractivity contribution in [1.29, 1.82) is 0 Å². The van der Waals surface area contributed by atoms with E-state index in [1.165, 1.54) is 32.1 Å². The molecule has 1 aliphatic carbocycles. The first-order chi connectivity index (χ1) is 9.59. The van der Waals surface area contributed by atoms with Gasteiger partial charge in [-0.25, -0.2) is 0 Å². The standard InChI is InChI=1S/C16H31N3O.2ClH/c1-12(14-9-17-10-14)16(20)18-11-15(19(2)3)13-7-5-4-6-8-13;;/h12-15,17H,4-11H2,1-3H3,(H,18,20);2*1H. The van der Waals surface area contributed by atoms with Gasteiger partial charge in [0.05, 0.1) is 0 Å². The van der Waals surface area contributed by atoms with Crippen LogP contribution < -0.4 is 10.6 Å². The largest absolute Gasteiger partial charge is 0.354 e. The minimum Gasteiger partial charge on any atom is -0.354 e. The third kappa shape index (κ3) is 5.88. The van der Waals surface area contributed by atoms with Crippen molar-refractivity contribution in [2.75, 3.05) is 33.7 Å². The van der Waals surface area contributed by atoms with Crippen LogP contribution in [-0.2, 0) is 4.79 Å². The molecule has 1 amide bonds. The molecule has 0 aromatic carbocycles. The fourth-order valence-electron chi connectivity index (χ4n) is 3.53. The quantitative estimate of drug-likeness (QED) is 0.769. The van der Waals surface area contributed by atoms with Crippen LogP contribution in [0.3, 0.4) is 0 Å². The van der Waals surface area contributed by atoms with Gasteiger partial charge in [0.2, 0.25) is 5.91 Å². The van der Waals surface area contributed by atoms with Gasteiger partial charge in [-0.05, 0) is 51.9 Å². The second-order valence-corrected chi connectivity index (χ2v) is 6.88. The number of carbonyl (C=O) groups is 1. The Morgan fingerprint density at radius 1 is 1.14 bits per heavy atom. The molecule has 0 bridgehead atoms. The number of nitrogens with zero attached hydrogens (tertiary/aromatic N) is 1. The van der Waals surface area contributed by atoms with E-state index in [0.29, 0.717) is 12.0 Å². The van der Waals surface area contributed by atoms with Gasteiger partial charge in [0.25, 0.3) is 0 Å². The van der Waals surface area contributed by atoms with Crippen molar-refractivity contribution in [1.82, 2.24) is 15.5 Å². The first-order valence-corrected chi connectivity index (χ1v) is 8.24. The van der Waals surface area contributed by atoms with Gasteiger partial charge >= 0.3 is 0 Å². The van der Waals surface area contributed by atoms with Gasteiger partial charge < -0.3 is 15.5 Å². The molecule has 2 fully saturated rings. The Balaban J connectivity index is 0.00000220. The predicted molar refractivity (Wildman–Crippen MR) is 97.1 cm³/mol. The van der Waals surface area contributed by atoms with Gasteiger partial charge in [-0.15, -0.1) is 24.8 Å². The number of likely N-dealkylation sites (N-methyl/N-ethyl adjacent to an activating group) is 1. The summed E-state index contributed by atoms with van der Waals surface area (Å²) in [6, 6.07) is 0.492. The van der Waals surface area contributed by atoms with E-state index >= 15 is 0 Å². The third-order valence-electron chi connectivity index (χ3n) is 5.28. The zero-order chi connectivity index (χ0) is 14.5. The Hall–Kier alpha value is -0.0300. The van der Waals surface area contributed by atoms with E-state index in [-0.39, 0.29) is 36.6 Å². The van der Waals surface area contributed by atoms with Crippen molar-refractivity contribution in [3.63, 3.8) is 0 Å². The Bertz CT molecular complexity index is 319. The molecule has 0 aromatic heterocycles. The van der Waals surface area contributed by atoms with Crippen LogP contribution in [0.2, 0.25) is 0 Å².